The second kappa shape index (κ2) is 30.7. The Morgan fingerprint density at radius 2 is 1.03 bits per heavy atom. The SMILES string of the molecule is CN(CCO)CC1CCCCC1.CN(CCO)Cc1ccc(C(F)(F)F)cc1.CN(Cc1ccccc1)Cc1cccs1.COc1cc(CN(C)Cc2ccccc2)cc(OC)c1OC. The molecule has 4 aromatic carbocycles. The van der Waals surface area contributed by atoms with Crippen molar-refractivity contribution < 1.29 is 37.6 Å². The number of thiophene rings is 1. The third kappa shape index (κ3) is 22.0. The molecule has 0 aliphatic heterocycles. The van der Waals surface area contributed by atoms with Gasteiger partial charge < -0.3 is 29.3 Å². The van der Waals surface area contributed by atoms with E-state index < -0.39 is 11.7 Å². The van der Waals surface area contributed by atoms with E-state index in [1.54, 1.807) is 28.4 Å². The Morgan fingerprint density at radius 1 is 0.554 bits per heavy atom. The van der Waals surface area contributed by atoms with Crippen molar-refractivity contribution in [3.63, 3.8) is 0 Å². The molecule has 1 aliphatic rings. The maximum Gasteiger partial charge on any atom is 0.416 e. The molecule has 358 valence electrons. The van der Waals surface area contributed by atoms with Gasteiger partial charge in [-0.2, -0.15) is 13.2 Å². The topological polar surface area (TPSA) is 81.1 Å². The van der Waals surface area contributed by atoms with Crippen molar-refractivity contribution >= 4 is 11.3 Å². The van der Waals surface area contributed by atoms with Gasteiger partial charge in [0, 0.05) is 57.2 Å². The van der Waals surface area contributed by atoms with E-state index in [-0.39, 0.29) is 6.61 Å². The lowest BCUT2D eigenvalue weighted by atomic mass is 9.89. The zero-order valence-corrected chi connectivity index (χ0v) is 40.4. The van der Waals surface area contributed by atoms with Crippen LogP contribution in [0.5, 0.6) is 17.2 Å². The van der Waals surface area contributed by atoms with Gasteiger partial charge in [-0.1, -0.05) is 98.1 Å². The first kappa shape index (κ1) is 54.9. The number of aliphatic hydroxyl groups excluding tert-OH is 2. The Labute approximate surface area is 391 Å². The van der Waals surface area contributed by atoms with Crippen molar-refractivity contribution in [2.24, 2.45) is 5.92 Å². The van der Waals surface area contributed by atoms with Crippen molar-refractivity contribution in [1.82, 2.24) is 19.6 Å². The molecule has 6 rings (SSSR count). The molecule has 5 aromatic rings. The number of alkyl halides is 3. The first-order chi connectivity index (χ1) is 31.3. The molecule has 0 bridgehead atoms. The monoisotopic (exact) mass is 923 g/mol. The van der Waals surface area contributed by atoms with Gasteiger partial charge in [0.15, 0.2) is 11.5 Å². The zero-order valence-electron chi connectivity index (χ0n) is 39.6. The highest BCUT2D eigenvalue weighted by atomic mass is 32.1. The minimum Gasteiger partial charge on any atom is -0.493 e. The standard InChI is InChI=1S/C18H23NO3.C13H15NS.C11H14F3NO.C10H21NO/c1-19(12-14-8-6-5-7-9-14)13-15-10-16(20-2)18(22-4)17(11-15)21-3;1-14(11-13-8-5-9-15-13)10-12-6-3-2-4-7-12;1-15(6-7-16)8-9-2-4-10(5-3-9)11(12,13)14;1-11(7-8-12)9-10-5-3-2-4-6-10/h5-11H,12-13H2,1-4H3;2-9H,10-11H2,1H3;2-5,16H,6-8H2,1H3;10,12H,2-9H2,1H3. The summed E-state index contributed by atoms with van der Waals surface area (Å²) in [5.74, 6) is 2.89. The number of likely N-dealkylation sites (N-methyl/N-ethyl adjacent to an activating group) is 2. The molecule has 0 radical (unpaired) electrons. The molecule has 65 heavy (non-hydrogen) atoms. The summed E-state index contributed by atoms with van der Waals surface area (Å²) in [4.78, 5) is 10.1. The molecule has 0 spiro atoms. The van der Waals surface area contributed by atoms with E-state index in [0.29, 0.717) is 36.9 Å². The van der Waals surface area contributed by atoms with Crippen LogP contribution in [0.4, 0.5) is 13.2 Å². The van der Waals surface area contributed by atoms with Gasteiger partial charge >= 0.3 is 6.18 Å². The van der Waals surface area contributed by atoms with E-state index in [9.17, 15) is 13.2 Å². The van der Waals surface area contributed by atoms with Crippen molar-refractivity contribution in [2.45, 2.75) is 71.0 Å². The smallest absolute Gasteiger partial charge is 0.416 e. The summed E-state index contributed by atoms with van der Waals surface area (Å²) in [6.45, 7) is 7.10. The predicted octanol–water partition coefficient (Wildman–Crippen LogP) is 10.3. The van der Waals surface area contributed by atoms with Crippen LogP contribution >= 0.6 is 11.3 Å². The molecule has 9 nitrogen and oxygen atoms in total. The van der Waals surface area contributed by atoms with Gasteiger partial charge in [-0.25, -0.2) is 0 Å². The van der Waals surface area contributed by atoms with E-state index in [4.69, 9.17) is 24.4 Å². The molecule has 1 fully saturated rings. The number of hydrogen-bond donors (Lipinski definition) is 2. The average molecular weight is 923 g/mol. The van der Waals surface area contributed by atoms with Crippen molar-refractivity contribution in [2.75, 3.05) is 82.4 Å². The summed E-state index contributed by atoms with van der Waals surface area (Å²) in [6, 6.07) is 34.3. The van der Waals surface area contributed by atoms with Gasteiger partial charge in [-0.3, -0.25) is 14.7 Å². The third-order valence-electron chi connectivity index (χ3n) is 10.8. The summed E-state index contributed by atoms with van der Waals surface area (Å²) < 4.78 is 52.9. The molecule has 2 N–H and O–H groups in total. The molecule has 0 saturated heterocycles. The summed E-state index contributed by atoms with van der Waals surface area (Å²) in [6.07, 6.45) is 2.77. The zero-order chi connectivity index (χ0) is 47.5. The minimum atomic E-state index is -4.28. The van der Waals surface area contributed by atoms with Crippen LogP contribution in [0.1, 0.15) is 64.8 Å². The Balaban J connectivity index is 0.000000236. The fraction of sp³-hybridized carbons (Fsp3) is 0.462. The van der Waals surface area contributed by atoms with Gasteiger partial charge in [-0.05, 0) is 105 Å². The Kier molecular flexibility index (Phi) is 25.9. The van der Waals surface area contributed by atoms with Crippen LogP contribution in [0.3, 0.4) is 0 Å². The van der Waals surface area contributed by atoms with Gasteiger partial charge in [-0.15, -0.1) is 11.3 Å². The molecular weight excluding hydrogens is 850 g/mol. The molecule has 0 amide bonds. The first-order valence-corrected chi connectivity index (χ1v) is 23.2. The predicted molar refractivity (Wildman–Crippen MR) is 260 cm³/mol. The quantitative estimate of drug-likeness (QED) is 0.0842. The van der Waals surface area contributed by atoms with Crippen LogP contribution in [-0.4, -0.2) is 112 Å². The number of rotatable bonds is 19. The number of halogens is 3. The maximum absolute atomic E-state index is 12.3. The number of benzene rings is 4. The Bertz CT molecular complexity index is 1930. The van der Waals surface area contributed by atoms with Crippen LogP contribution in [0.25, 0.3) is 0 Å². The number of methoxy groups -OCH3 is 3. The number of hydrogen-bond acceptors (Lipinski definition) is 10. The first-order valence-electron chi connectivity index (χ1n) is 22.3. The van der Waals surface area contributed by atoms with E-state index in [2.05, 4.69) is 108 Å². The lowest BCUT2D eigenvalue weighted by molar-refractivity contribution is -0.137. The molecule has 13 heteroatoms. The van der Waals surface area contributed by atoms with E-state index in [1.165, 1.54) is 66.8 Å². The van der Waals surface area contributed by atoms with Crippen LogP contribution in [-0.2, 0) is 38.9 Å². The molecule has 1 saturated carbocycles. The van der Waals surface area contributed by atoms with Crippen LogP contribution in [0, 0.1) is 5.92 Å². The van der Waals surface area contributed by atoms with Gasteiger partial charge in [0.2, 0.25) is 5.75 Å². The summed E-state index contributed by atoms with van der Waals surface area (Å²) in [5, 5.41) is 19.5. The fourth-order valence-electron chi connectivity index (χ4n) is 7.54. The van der Waals surface area contributed by atoms with Gasteiger partial charge in [0.05, 0.1) is 40.1 Å². The second-order valence-electron chi connectivity index (χ2n) is 16.6. The molecule has 0 unspecified atom stereocenters. The number of ether oxygens (including phenoxy) is 3. The Hall–Kier alpha value is -4.47. The van der Waals surface area contributed by atoms with Crippen LogP contribution in [0.2, 0.25) is 0 Å². The number of nitrogens with zero attached hydrogens (tertiary/aromatic N) is 4. The highest BCUT2D eigenvalue weighted by molar-refractivity contribution is 7.09. The van der Waals surface area contributed by atoms with Gasteiger partial charge in [0.1, 0.15) is 0 Å². The van der Waals surface area contributed by atoms with Gasteiger partial charge in [0.25, 0.3) is 0 Å². The lowest BCUT2D eigenvalue weighted by Crippen LogP contribution is -2.29. The normalized spacial score (nSPS) is 12.8. The summed E-state index contributed by atoms with van der Waals surface area (Å²) in [7, 11) is 13.0. The largest absolute Gasteiger partial charge is 0.493 e. The van der Waals surface area contributed by atoms with Crippen molar-refractivity contribution in [3.8, 4) is 17.2 Å². The molecule has 1 aliphatic carbocycles. The highest BCUT2D eigenvalue weighted by Crippen LogP contribution is 2.38. The minimum absolute atomic E-state index is 0.0388. The Morgan fingerprint density at radius 3 is 1.49 bits per heavy atom. The molecular formula is C52H73F3N4O5S. The highest BCUT2D eigenvalue weighted by Gasteiger charge is 2.30. The number of aliphatic hydroxyl groups is 2. The lowest BCUT2D eigenvalue weighted by Gasteiger charge is -2.26. The molecule has 0 atom stereocenters. The molecule has 1 heterocycles. The summed E-state index contributed by atoms with van der Waals surface area (Å²) in [5.41, 5.74) is 3.94. The van der Waals surface area contributed by atoms with Crippen molar-refractivity contribution in [3.05, 3.63) is 147 Å². The fourth-order valence-corrected chi connectivity index (χ4v) is 8.33. The maximum atomic E-state index is 12.3. The second-order valence-corrected chi connectivity index (χ2v) is 17.6. The van der Waals surface area contributed by atoms with Crippen LogP contribution < -0.4 is 14.2 Å². The average Bonchev–Trinajstić information content (AvgIpc) is 3.80. The van der Waals surface area contributed by atoms with Crippen LogP contribution in [0.15, 0.2) is 115 Å². The van der Waals surface area contributed by atoms with E-state index in [1.807, 2.05) is 34.4 Å². The molecule has 1 aromatic heterocycles. The van der Waals surface area contributed by atoms with E-state index >= 15 is 0 Å². The van der Waals surface area contributed by atoms with E-state index in [0.717, 1.165) is 61.9 Å². The third-order valence-corrected chi connectivity index (χ3v) is 11.6. The van der Waals surface area contributed by atoms with Crippen molar-refractivity contribution in [1.29, 1.82) is 0 Å². The summed E-state index contributed by atoms with van der Waals surface area (Å²) >= 11 is 1.82.